The van der Waals surface area contributed by atoms with Crippen molar-refractivity contribution in [1.29, 1.82) is 0 Å². The van der Waals surface area contributed by atoms with Crippen molar-refractivity contribution in [3.8, 4) is 11.3 Å². The average molecular weight is 326 g/mol. The third kappa shape index (κ3) is 4.10. The van der Waals surface area contributed by atoms with Crippen LogP contribution in [0.2, 0.25) is 0 Å². The van der Waals surface area contributed by atoms with E-state index in [1.807, 2.05) is 25.1 Å². The average Bonchev–Trinajstić information content (AvgIpc) is 2.61. The smallest absolute Gasteiger partial charge is 0.253 e. The lowest BCUT2D eigenvalue weighted by Crippen LogP contribution is -2.38. The van der Waals surface area contributed by atoms with Gasteiger partial charge >= 0.3 is 0 Å². The van der Waals surface area contributed by atoms with Gasteiger partial charge in [0.05, 0.1) is 17.6 Å². The third-order valence-corrected chi connectivity index (χ3v) is 3.93. The van der Waals surface area contributed by atoms with Gasteiger partial charge in [-0.25, -0.2) is 0 Å². The molecule has 0 aliphatic heterocycles. The van der Waals surface area contributed by atoms with Crippen molar-refractivity contribution in [2.24, 2.45) is 0 Å². The molecule has 3 N–H and O–H groups in total. The lowest BCUT2D eigenvalue weighted by molar-refractivity contribution is -0.121. The highest BCUT2D eigenvalue weighted by atomic mass is 16.2. The number of nitrogens with one attached hydrogen (secondary N) is 1. The second-order valence-electron chi connectivity index (χ2n) is 5.70. The van der Waals surface area contributed by atoms with E-state index in [9.17, 15) is 9.59 Å². The van der Waals surface area contributed by atoms with Gasteiger partial charge in [0.2, 0.25) is 5.91 Å². The summed E-state index contributed by atoms with van der Waals surface area (Å²) in [6.07, 6.45) is 1.85. The highest BCUT2D eigenvalue weighted by Gasteiger charge is 2.20. The van der Waals surface area contributed by atoms with E-state index in [0.29, 0.717) is 11.3 Å². The lowest BCUT2D eigenvalue weighted by atomic mass is 10.1. The van der Waals surface area contributed by atoms with Gasteiger partial charge in [-0.1, -0.05) is 12.1 Å². The minimum Gasteiger partial charge on any atom is -0.397 e. The van der Waals surface area contributed by atoms with E-state index in [1.165, 1.54) is 0 Å². The summed E-state index contributed by atoms with van der Waals surface area (Å²) < 4.78 is 0. The first-order valence-electron chi connectivity index (χ1n) is 7.72. The zero-order chi connectivity index (χ0) is 17.7. The number of amides is 2. The summed E-state index contributed by atoms with van der Waals surface area (Å²) in [6, 6.07) is 10.7. The molecule has 0 radical (unpaired) electrons. The van der Waals surface area contributed by atoms with Gasteiger partial charge in [-0.3, -0.25) is 14.6 Å². The van der Waals surface area contributed by atoms with Gasteiger partial charge in [0.15, 0.2) is 0 Å². The topological polar surface area (TPSA) is 88.3 Å². The van der Waals surface area contributed by atoms with Gasteiger partial charge < -0.3 is 16.0 Å². The molecule has 6 heteroatoms. The van der Waals surface area contributed by atoms with E-state index >= 15 is 0 Å². The molecule has 0 saturated heterocycles. The highest BCUT2D eigenvalue weighted by molar-refractivity contribution is 5.95. The van der Waals surface area contributed by atoms with Crippen molar-refractivity contribution < 1.29 is 9.59 Å². The molecular weight excluding hydrogens is 304 g/mol. The molecule has 1 heterocycles. The molecule has 0 bridgehead atoms. The van der Waals surface area contributed by atoms with Gasteiger partial charge in [-0.2, -0.15) is 0 Å². The van der Waals surface area contributed by atoms with E-state index in [0.717, 1.165) is 11.3 Å². The molecule has 24 heavy (non-hydrogen) atoms. The standard InChI is InChI=1S/C18H22N4O2/c1-12(9-17(23)20-2)22(3)18(24)14-6-4-5-13(10-14)16-8-7-15(19)11-21-16/h4-8,10-12H,9,19H2,1-3H3,(H,20,23)/t12-/m0/s1. The molecule has 6 nitrogen and oxygen atoms in total. The number of nitrogens with zero attached hydrogens (tertiary/aromatic N) is 2. The van der Waals surface area contributed by atoms with Gasteiger partial charge in [0.1, 0.15) is 0 Å². The van der Waals surface area contributed by atoms with E-state index in [2.05, 4.69) is 10.3 Å². The number of aromatic nitrogens is 1. The molecule has 1 aromatic heterocycles. The predicted molar refractivity (Wildman–Crippen MR) is 94.3 cm³/mol. The van der Waals surface area contributed by atoms with E-state index in [1.54, 1.807) is 43.4 Å². The Labute approximate surface area is 141 Å². The number of pyridine rings is 1. The molecule has 0 saturated carbocycles. The van der Waals surface area contributed by atoms with Crippen LogP contribution in [0.3, 0.4) is 0 Å². The van der Waals surface area contributed by atoms with Gasteiger partial charge in [-0.15, -0.1) is 0 Å². The quantitative estimate of drug-likeness (QED) is 0.879. The summed E-state index contributed by atoms with van der Waals surface area (Å²) in [5, 5.41) is 2.57. The maximum Gasteiger partial charge on any atom is 0.253 e. The van der Waals surface area contributed by atoms with Crippen LogP contribution in [0.5, 0.6) is 0 Å². The largest absolute Gasteiger partial charge is 0.397 e. The summed E-state index contributed by atoms with van der Waals surface area (Å²) in [7, 11) is 3.28. The molecule has 2 amide bonds. The van der Waals surface area contributed by atoms with Crippen molar-refractivity contribution in [3.05, 3.63) is 48.2 Å². The van der Waals surface area contributed by atoms with Crippen LogP contribution in [0, 0.1) is 0 Å². The number of carbonyl (C=O) groups excluding carboxylic acids is 2. The zero-order valence-corrected chi connectivity index (χ0v) is 14.1. The molecule has 1 aromatic carbocycles. The van der Waals surface area contributed by atoms with Crippen LogP contribution in [-0.4, -0.2) is 41.8 Å². The van der Waals surface area contributed by atoms with Crippen LogP contribution in [0.4, 0.5) is 5.69 Å². The number of benzene rings is 1. The summed E-state index contributed by atoms with van der Waals surface area (Å²) in [5.41, 5.74) is 8.39. The van der Waals surface area contributed by atoms with E-state index < -0.39 is 0 Å². The molecule has 2 aromatic rings. The van der Waals surface area contributed by atoms with Crippen LogP contribution < -0.4 is 11.1 Å². The Kier molecular flexibility index (Phi) is 5.52. The molecule has 0 spiro atoms. The Bertz CT molecular complexity index is 728. The lowest BCUT2D eigenvalue weighted by Gasteiger charge is -2.24. The fraction of sp³-hybridized carbons (Fsp3) is 0.278. The number of hydrogen-bond acceptors (Lipinski definition) is 4. The summed E-state index contributed by atoms with van der Waals surface area (Å²) >= 11 is 0. The fourth-order valence-electron chi connectivity index (χ4n) is 2.30. The van der Waals surface area contributed by atoms with Gasteiger partial charge in [0, 0.05) is 37.7 Å². The van der Waals surface area contributed by atoms with E-state index in [4.69, 9.17) is 5.73 Å². The molecule has 0 aliphatic rings. The van der Waals surface area contributed by atoms with Crippen molar-refractivity contribution >= 4 is 17.5 Å². The molecule has 0 fully saturated rings. The first-order valence-corrected chi connectivity index (χ1v) is 7.72. The molecule has 2 rings (SSSR count). The maximum atomic E-state index is 12.6. The maximum absolute atomic E-state index is 12.6. The monoisotopic (exact) mass is 326 g/mol. The summed E-state index contributed by atoms with van der Waals surface area (Å²) in [5.74, 6) is -0.231. The Morgan fingerprint density at radius 1 is 1.29 bits per heavy atom. The molecular formula is C18H22N4O2. The first-order chi connectivity index (χ1) is 11.4. The minimum atomic E-state index is -0.198. The number of anilines is 1. The highest BCUT2D eigenvalue weighted by Crippen LogP contribution is 2.20. The number of nitrogen functional groups attached to an aromatic ring is 1. The fourth-order valence-corrected chi connectivity index (χ4v) is 2.30. The van der Waals surface area contributed by atoms with Gasteiger partial charge in [-0.05, 0) is 31.2 Å². The van der Waals surface area contributed by atoms with Crippen molar-refractivity contribution in [1.82, 2.24) is 15.2 Å². The van der Waals surface area contributed by atoms with Crippen LogP contribution >= 0.6 is 0 Å². The van der Waals surface area contributed by atoms with Crippen molar-refractivity contribution in [2.45, 2.75) is 19.4 Å². The summed E-state index contributed by atoms with van der Waals surface area (Å²) in [6.45, 7) is 1.85. The normalized spacial score (nSPS) is 11.6. The van der Waals surface area contributed by atoms with Crippen molar-refractivity contribution in [2.75, 3.05) is 19.8 Å². The molecule has 126 valence electrons. The number of rotatable bonds is 5. The number of nitrogens with two attached hydrogens (primary N) is 1. The number of hydrogen-bond donors (Lipinski definition) is 2. The van der Waals surface area contributed by atoms with Gasteiger partial charge in [0.25, 0.3) is 5.91 Å². The van der Waals surface area contributed by atoms with Crippen LogP contribution in [0.15, 0.2) is 42.6 Å². The summed E-state index contributed by atoms with van der Waals surface area (Å²) in [4.78, 5) is 30.0. The van der Waals surface area contributed by atoms with Crippen LogP contribution in [0.25, 0.3) is 11.3 Å². The first kappa shape index (κ1) is 17.5. The Morgan fingerprint density at radius 2 is 2.04 bits per heavy atom. The zero-order valence-electron chi connectivity index (χ0n) is 14.1. The molecule has 1 atom stereocenters. The SMILES string of the molecule is CNC(=O)C[C@H](C)N(C)C(=O)c1cccc(-c2ccc(N)cn2)c1. The Morgan fingerprint density at radius 3 is 2.67 bits per heavy atom. The van der Waals surface area contributed by atoms with Crippen molar-refractivity contribution in [3.63, 3.8) is 0 Å². The Balaban J connectivity index is 2.19. The third-order valence-electron chi connectivity index (χ3n) is 3.93. The Hall–Kier alpha value is -2.89. The molecule has 0 aliphatic carbocycles. The molecule has 0 unspecified atom stereocenters. The predicted octanol–water partition coefficient (Wildman–Crippen LogP) is 1.93. The second kappa shape index (κ2) is 7.59. The van der Waals surface area contributed by atoms with E-state index in [-0.39, 0.29) is 24.3 Å². The van der Waals surface area contributed by atoms with Crippen LogP contribution in [0.1, 0.15) is 23.7 Å². The van der Waals surface area contributed by atoms with Crippen LogP contribution in [-0.2, 0) is 4.79 Å². The minimum absolute atomic E-state index is 0.0954. The second-order valence-corrected chi connectivity index (χ2v) is 5.70. The number of carbonyl (C=O) groups is 2.